The molecule has 2 aliphatic heterocycles. The second kappa shape index (κ2) is 11.2. The highest BCUT2D eigenvalue weighted by Crippen LogP contribution is 2.39. The molecule has 0 atom stereocenters. The van der Waals surface area contributed by atoms with E-state index >= 15 is 0 Å². The van der Waals surface area contributed by atoms with Crippen LogP contribution >= 0.6 is 0 Å². The molecule has 0 N–H and O–H groups in total. The van der Waals surface area contributed by atoms with E-state index in [9.17, 15) is 0 Å². The summed E-state index contributed by atoms with van der Waals surface area (Å²) in [6.07, 6.45) is 0. The highest BCUT2D eigenvalue weighted by atomic mass is 28.3. The summed E-state index contributed by atoms with van der Waals surface area (Å²) in [5, 5.41) is 2.88. The number of rotatable bonds is 3. The van der Waals surface area contributed by atoms with Crippen molar-refractivity contribution in [2.24, 2.45) is 0 Å². The van der Waals surface area contributed by atoms with Crippen LogP contribution in [0.25, 0.3) is 33.6 Å². The molecule has 4 heterocycles. The fourth-order valence-corrected chi connectivity index (χ4v) is 9.18. The predicted octanol–water partition coefficient (Wildman–Crippen LogP) is 7.05. The van der Waals surface area contributed by atoms with Crippen LogP contribution in [0.2, 0.25) is 39.3 Å². The van der Waals surface area contributed by atoms with Gasteiger partial charge in [0, 0.05) is 30.7 Å². The van der Waals surface area contributed by atoms with Crippen LogP contribution in [0.5, 0.6) is 11.5 Å². The monoisotopic (exact) mass is 602 g/mol. The van der Waals surface area contributed by atoms with Crippen molar-refractivity contribution < 1.29 is 18.6 Å². The summed E-state index contributed by atoms with van der Waals surface area (Å²) < 4.78 is 16.9. The van der Waals surface area contributed by atoms with Gasteiger partial charge in [-0.25, -0.2) is 0 Å². The smallest absolute Gasteiger partial charge is 0.292 e. The van der Waals surface area contributed by atoms with Crippen LogP contribution in [-0.2, 0) is 13.5 Å². The zero-order valence-corrected chi connectivity index (χ0v) is 28.4. The average molecular weight is 603 g/mol. The van der Waals surface area contributed by atoms with Crippen LogP contribution in [0, 0.1) is 6.92 Å². The van der Waals surface area contributed by atoms with Gasteiger partial charge in [0.1, 0.15) is 11.5 Å². The Morgan fingerprint density at radius 3 is 1.77 bits per heavy atom. The standard InChI is InChI=1S/C19H16NO.C18H26NOSi2/c1-14-7-5-12-18-17-11-6-10-16(15-8-3-2-4-9-15)19(17)21-13-20(14)18;1-21(2,3)16-11-7-9-14-15-10-8-12-17(22(4,5)6)19(15)13-20-18(14)16/h2-12H,13H2,1H3;7-12H,13H2,1-6H3/q2*+1. The van der Waals surface area contributed by atoms with Crippen LogP contribution in [0.3, 0.4) is 0 Å². The maximum Gasteiger partial charge on any atom is 0.292 e. The summed E-state index contributed by atoms with van der Waals surface area (Å²) in [5.74, 6) is 2.10. The Hall–Kier alpha value is -4.01. The van der Waals surface area contributed by atoms with Crippen molar-refractivity contribution in [2.75, 3.05) is 0 Å². The Labute approximate surface area is 258 Å². The lowest BCUT2D eigenvalue weighted by atomic mass is 9.98. The minimum absolute atomic E-state index is 0.568. The maximum atomic E-state index is 6.26. The molecular formula is C37H42N2O2Si2+2. The fourth-order valence-electron chi connectivity index (χ4n) is 6.11. The van der Waals surface area contributed by atoms with Crippen LogP contribution in [0.1, 0.15) is 5.69 Å². The van der Waals surface area contributed by atoms with Gasteiger partial charge in [-0.05, 0) is 41.1 Å². The van der Waals surface area contributed by atoms with Crippen molar-refractivity contribution in [3.05, 3.63) is 109 Å². The number of hydrogen-bond donors (Lipinski definition) is 0. The first kappa shape index (κ1) is 29.1. The zero-order chi connectivity index (χ0) is 30.4. The van der Waals surface area contributed by atoms with Crippen molar-refractivity contribution in [3.8, 4) is 45.1 Å². The van der Waals surface area contributed by atoms with Gasteiger partial charge in [-0.2, -0.15) is 9.13 Å². The molecule has 4 nitrogen and oxygen atoms in total. The summed E-state index contributed by atoms with van der Waals surface area (Å²) in [5.41, 5.74) is 8.49. The molecule has 3 aromatic carbocycles. The van der Waals surface area contributed by atoms with E-state index in [1.807, 2.05) is 6.07 Å². The summed E-state index contributed by atoms with van der Waals surface area (Å²) >= 11 is 0. The molecule has 43 heavy (non-hydrogen) atoms. The lowest BCUT2D eigenvalue weighted by Crippen LogP contribution is -2.63. The van der Waals surface area contributed by atoms with E-state index in [0.29, 0.717) is 13.5 Å². The van der Waals surface area contributed by atoms with Crippen LogP contribution in [0.4, 0.5) is 0 Å². The molecule has 2 aromatic heterocycles. The van der Waals surface area contributed by atoms with E-state index in [1.54, 1.807) is 0 Å². The molecule has 0 bridgehead atoms. The number of para-hydroxylation sites is 2. The summed E-state index contributed by atoms with van der Waals surface area (Å²) in [4.78, 5) is 0. The molecule has 7 rings (SSSR count). The van der Waals surface area contributed by atoms with Gasteiger partial charge >= 0.3 is 0 Å². The number of hydrogen-bond acceptors (Lipinski definition) is 2. The Morgan fingerprint density at radius 2 is 1.07 bits per heavy atom. The van der Waals surface area contributed by atoms with Crippen LogP contribution in [0.15, 0.2) is 103 Å². The minimum Gasteiger partial charge on any atom is -0.435 e. The molecule has 0 aliphatic carbocycles. The molecule has 5 aromatic rings. The molecule has 6 heteroatoms. The normalized spacial score (nSPS) is 13.2. The van der Waals surface area contributed by atoms with Gasteiger partial charge in [0.05, 0.1) is 19.2 Å². The average Bonchev–Trinajstić information content (AvgIpc) is 3.00. The van der Waals surface area contributed by atoms with E-state index in [4.69, 9.17) is 9.47 Å². The summed E-state index contributed by atoms with van der Waals surface area (Å²) in [6, 6.07) is 36.5. The number of aromatic nitrogens is 2. The number of ether oxygens (including phenoxy) is 2. The first-order valence-electron chi connectivity index (χ1n) is 15.1. The van der Waals surface area contributed by atoms with E-state index in [2.05, 4.69) is 152 Å². The lowest BCUT2D eigenvalue weighted by molar-refractivity contribution is -0.722. The number of nitrogens with zero attached hydrogens (tertiary/aromatic N) is 2. The maximum absolute atomic E-state index is 6.26. The number of benzene rings is 3. The van der Waals surface area contributed by atoms with Gasteiger partial charge in [0.15, 0.2) is 19.1 Å². The summed E-state index contributed by atoms with van der Waals surface area (Å²) in [7, 11) is -2.80. The highest BCUT2D eigenvalue weighted by molar-refractivity contribution is 6.89. The Kier molecular flexibility index (Phi) is 7.61. The van der Waals surface area contributed by atoms with Crippen molar-refractivity contribution in [2.45, 2.75) is 59.7 Å². The van der Waals surface area contributed by atoms with Gasteiger partial charge in [0.25, 0.3) is 13.5 Å². The van der Waals surface area contributed by atoms with E-state index in [0.717, 1.165) is 22.6 Å². The van der Waals surface area contributed by atoms with Gasteiger partial charge in [-0.15, -0.1) is 0 Å². The quantitative estimate of drug-likeness (QED) is 0.163. The van der Waals surface area contributed by atoms with Gasteiger partial charge < -0.3 is 9.47 Å². The third kappa shape index (κ3) is 5.57. The largest absolute Gasteiger partial charge is 0.435 e. The molecule has 0 unspecified atom stereocenters. The van der Waals surface area contributed by atoms with E-state index < -0.39 is 16.1 Å². The first-order valence-corrected chi connectivity index (χ1v) is 22.1. The number of fused-ring (bicyclic) bond motifs is 6. The Balaban J connectivity index is 0.000000153. The SMILES string of the molecule is C[Si](C)(C)c1cccc2c1OC[n+]1c-2cccc1[Si](C)(C)C.Cc1cccc2[n+]1COc1c(-c3ccccc3)cccc1-2. The molecule has 0 fully saturated rings. The lowest BCUT2D eigenvalue weighted by Gasteiger charge is -2.26. The number of pyridine rings is 2. The van der Waals surface area contributed by atoms with Crippen molar-refractivity contribution in [1.29, 1.82) is 0 Å². The number of aryl methyl sites for hydroxylation is 1. The van der Waals surface area contributed by atoms with Gasteiger partial charge in [0.2, 0.25) is 11.4 Å². The van der Waals surface area contributed by atoms with E-state index in [-0.39, 0.29) is 0 Å². The molecule has 0 saturated carbocycles. The topological polar surface area (TPSA) is 26.2 Å². The van der Waals surface area contributed by atoms with Crippen molar-refractivity contribution in [3.63, 3.8) is 0 Å². The third-order valence-corrected chi connectivity index (χ3v) is 12.3. The predicted molar refractivity (Wildman–Crippen MR) is 182 cm³/mol. The third-order valence-electron chi connectivity index (χ3n) is 8.32. The minimum atomic E-state index is -1.41. The Morgan fingerprint density at radius 1 is 0.512 bits per heavy atom. The molecule has 2 aliphatic rings. The van der Waals surface area contributed by atoms with Crippen LogP contribution in [-0.4, -0.2) is 16.1 Å². The molecule has 218 valence electrons. The molecule has 0 amide bonds. The van der Waals surface area contributed by atoms with Crippen LogP contribution < -0.4 is 29.1 Å². The fraction of sp³-hybridized carbons (Fsp3) is 0.243. The van der Waals surface area contributed by atoms with Gasteiger partial charge in [-0.3, -0.25) is 0 Å². The zero-order valence-electron chi connectivity index (χ0n) is 26.4. The van der Waals surface area contributed by atoms with Crippen molar-refractivity contribution >= 4 is 26.7 Å². The second-order valence-corrected chi connectivity index (χ2v) is 23.5. The highest BCUT2D eigenvalue weighted by Gasteiger charge is 2.35. The van der Waals surface area contributed by atoms with Gasteiger partial charge in [-0.1, -0.05) is 93.9 Å². The summed E-state index contributed by atoms with van der Waals surface area (Å²) in [6.45, 7) is 17.6. The molecule has 0 saturated heterocycles. The first-order chi connectivity index (χ1) is 20.5. The Bertz CT molecular complexity index is 1740. The second-order valence-electron chi connectivity index (χ2n) is 13.5. The molecule has 0 spiro atoms. The van der Waals surface area contributed by atoms with E-state index in [1.165, 1.54) is 38.7 Å². The molecule has 0 radical (unpaired) electrons. The van der Waals surface area contributed by atoms with Crippen molar-refractivity contribution in [1.82, 2.24) is 0 Å². The molecular weight excluding hydrogens is 561 g/mol.